The molecule has 0 radical (unpaired) electrons. The van der Waals surface area contributed by atoms with Crippen LogP contribution in [0.1, 0.15) is 22.3 Å². The van der Waals surface area contributed by atoms with Crippen molar-refractivity contribution in [1.29, 1.82) is 0 Å². The van der Waals surface area contributed by atoms with Crippen LogP contribution in [0.2, 0.25) is 5.02 Å². The highest BCUT2D eigenvalue weighted by Gasteiger charge is 2.11. The number of carbonyl (C=O) groups is 2. The van der Waals surface area contributed by atoms with Gasteiger partial charge in [0.25, 0.3) is 0 Å². The highest BCUT2D eigenvalue weighted by molar-refractivity contribution is 6.32. The molecular weight excluding hydrogens is 358 g/mol. The number of ether oxygens (including phenoxy) is 2. The lowest BCUT2D eigenvalue weighted by molar-refractivity contribution is -0.116. The van der Waals surface area contributed by atoms with Gasteiger partial charge in [-0.15, -0.1) is 0 Å². The van der Waals surface area contributed by atoms with Crippen molar-refractivity contribution in [1.82, 2.24) is 0 Å². The zero-order valence-electron chi connectivity index (χ0n) is 14.3. The van der Waals surface area contributed by atoms with Crippen LogP contribution in [-0.4, -0.2) is 37.3 Å². The van der Waals surface area contributed by atoms with E-state index in [1.54, 1.807) is 43.5 Å². The summed E-state index contributed by atoms with van der Waals surface area (Å²) in [6.45, 7) is 0.831. The molecule has 1 amide bonds. The molecule has 0 aromatic heterocycles. The number of carboxylic acid groups (broad SMARTS) is 1. The molecule has 138 valence electrons. The molecule has 0 aliphatic heterocycles. The van der Waals surface area contributed by atoms with Gasteiger partial charge in [0.1, 0.15) is 12.4 Å². The van der Waals surface area contributed by atoms with E-state index >= 15 is 0 Å². The number of halogens is 1. The molecule has 2 aromatic carbocycles. The normalized spacial score (nSPS) is 10.4. The fourth-order valence-electron chi connectivity index (χ4n) is 2.35. The molecule has 7 heteroatoms. The number of aromatic carboxylic acids is 1. The maximum Gasteiger partial charge on any atom is 0.335 e. The number of methoxy groups -OCH3 is 1. The number of anilines is 1. The molecule has 0 fully saturated rings. The third kappa shape index (κ3) is 5.75. The Balaban J connectivity index is 1.92. The van der Waals surface area contributed by atoms with Gasteiger partial charge < -0.3 is 19.9 Å². The zero-order valence-corrected chi connectivity index (χ0v) is 15.1. The third-order valence-corrected chi connectivity index (χ3v) is 3.93. The average Bonchev–Trinajstić information content (AvgIpc) is 2.62. The first kappa shape index (κ1) is 19.8. The number of aryl methyl sites for hydroxylation is 1. The smallest absolute Gasteiger partial charge is 0.335 e. The maximum atomic E-state index is 12.1. The first-order valence-electron chi connectivity index (χ1n) is 8.03. The summed E-state index contributed by atoms with van der Waals surface area (Å²) < 4.78 is 10.4. The number of amides is 1. The van der Waals surface area contributed by atoms with E-state index < -0.39 is 5.97 Å². The molecule has 2 aromatic rings. The molecule has 0 atom stereocenters. The summed E-state index contributed by atoms with van der Waals surface area (Å²) in [4.78, 5) is 23.3. The Labute approximate surface area is 156 Å². The molecule has 2 N–H and O–H groups in total. The van der Waals surface area contributed by atoms with Gasteiger partial charge in [-0.1, -0.05) is 29.8 Å². The van der Waals surface area contributed by atoms with Crippen molar-refractivity contribution in [3.05, 3.63) is 58.6 Å². The van der Waals surface area contributed by atoms with Crippen LogP contribution >= 0.6 is 11.6 Å². The molecular formula is C19H20ClNO5. The molecule has 0 bridgehead atoms. The van der Waals surface area contributed by atoms with E-state index in [0.717, 1.165) is 0 Å². The van der Waals surface area contributed by atoms with E-state index in [1.165, 1.54) is 6.07 Å². The lowest BCUT2D eigenvalue weighted by atomic mass is 10.0. The summed E-state index contributed by atoms with van der Waals surface area (Å²) in [6, 6.07) is 11.6. The monoisotopic (exact) mass is 377 g/mol. The van der Waals surface area contributed by atoms with Crippen LogP contribution < -0.4 is 10.1 Å². The van der Waals surface area contributed by atoms with Crippen LogP contribution in [0, 0.1) is 0 Å². The Morgan fingerprint density at radius 3 is 2.62 bits per heavy atom. The minimum Gasteiger partial charge on any atom is -0.490 e. The minimum atomic E-state index is -1.00. The van der Waals surface area contributed by atoms with Gasteiger partial charge in [0.15, 0.2) is 0 Å². The van der Waals surface area contributed by atoms with Crippen LogP contribution in [0.4, 0.5) is 5.69 Å². The second kappa shape index (κ2) is 9.79. The van der Waals surface area contributed by atoms with Crippen LogP contribution in [0.25, 0.3) is 0 Å². The SMILES string of the molecule is COCCOc1ccc(NC(=O)CCc2ccccc2C(=O)O)cc1Cl. The van der Waals surface area contributed by atoms with Crippen LogP contribution in [0.15, 0.2) is 42.5 Å². The number of hydrogen-bond donors (Lipinski definition) is 2. The van der Waals surface area contributed by atoms with Gasteiger partial charge in [-0.25, -0.2) is 4.79 Å². The summed E-state index contributed by atoms with van der Waals surface area (Å²) in [5.74, 6) is -0.719. The molecule has 26 heavy (non-hydrogen) atoms. The Bertz CT molecular complexity index is 778. The quantitative estimate of drug-likeness (QED) is 0.652. The summed E-state index contributed by atoms with van der Waals surface area (Å²) in [7, 11) is 1.58. The number of hydrogen-bond acceptors (Lipinski definition) is 4. The third-order valence-electron chi connectivity index (χ3n) is 3.63. The van der Waals surface area contributed by atoms with Gasteiger partial charge in [-0.05, 0) is 36.2 Å². The molecule has 0 spiro atoms. The Hall–Kier alpha value is -2.57. The van der Waals surface area contributed by atoms with Crippen molar-refractivity contribution in [2.45, 2.75) is 12.8 Å². The number of benzene rings is 2. The fourth-order valence-corrected chi connectivity index (χ4v) is 2.58. The predicted molar refractivity (Wildman–Crippen MR) is 99.2 cm³/mol. The summed E-state index contributed by atoms with van der Waals surface area (Å²) in [5.41, 5.74) is 1.38. The Kier molecular flexibility index (Phi) is 7.44. The number of carboxylic acids is 1. The topological polar surface area (TPSA) is 84.9 Å². The van der Waals surface area contributed by atoms with Crippen molar-refractivity contribution in [2.24, 2.45) is 0 Å². The maximum absolute atomic E-state index is 12.1. The first-order valence-corrected chi connectivity index (χ1v) is 8.41. The van der Waals surface area contributed by atoms with E-state index in [1.807, 2.05) is 0 Å². The van der Waals surface area contributed by atoms with E-state index in [2.05, 4.69) is 5.32 Å². The van der Waals surface area contributed by atoms with Gasteiger partial charge in [0.05, 0.1) is 17.2 Å². The first-order chi connectivity index (χ1) is 12.5. The molecule has 0 saturated heterocycles. The van der Waals surface area contributed by atoms with E-state index in [4.69, 9.17) is 26.2 Å². The van der Waals surface area contributed by atoms with Crippen molar-refractivity contribution in [3.8, 4) is 5.75 Å². The lowest BCUT2D eigenvalue weighted by Crippen LogP contribution is -2.13. The van der Waals surface area contributed by atoms with Crippen molar-refractivity contribution in [2.75, 3.05) is 25.6 Å². The van der Waals surface area contributed by atoms with E-state index in [0.29, 0.717) is 41.7 Å². The fraction of sp³-hybridized carbons (Fsp3) is 0.263. The molecule has 0 heterocycles. The molecule has 0 saturated carbocycles. The largest absolute Gasteiger partial charge is 0.490 e. The summed E-state index contributed by atoms with van der Waals surface area (Å²) in [5, 5.41) is 12.3. The Morgan fingerprint density at radius 1 is 1.15 bits per heavy atom. The van der Waals surface area contributed by atoms with Gasteiger partial charge in [-0.3, -0.25) is 4.79 Å². The lowest BCUT2D eigenvalue weighted by Gasteiger charge is -2.10. The number of carbonyl (C=O) groups excluding carboxylic acids is 1. The Morgan fingerprint density at radius 2 is 1.92 bits per heavy atom. The molecule has 2 rings (SSSR count). The van der Waals surface area contributed by atoms with Gasteiger partial charge >= 0.3 is 5.97 Å². The minimum absolute atomic E-state index is 0.161. The molecule has 0 aliphatic rings. The number of rotatable bonds is 9. The van der Waals surface area contributed by atoms with E-state index in [-0.39, 0.29) is 17.9 Å². The standard InChI is InChI=1S/C19H20ClNO5/c1-25-10-11-26-17-8-7-14(12-16(17)20)21-18(22)9-6-13-4-2-3-5-15(13)19(23)24/h2-5,7-8,12H,6,9-11H2,1H3,(H,21,22)(H,23,24). The second-order valence-electron chi connectivity index (χ2n) is 5.50. The molecule has 0 aliphatic carbocycles. The summed E-state index contributed by atoms with van der Waals surface area (Å²) >= 11 is 6.14. The van der Waals surface area contributed by atoms with Gasteiger partial charge in [-0.2, -0.15) is 0 Å². The molecule has 0 unspecified atom stereocenters. The van der Waals surface area contributed by atoms with Crippen molar-refractivity contribution in [3.63, 3.8) is 0 Å². The molecule has 6 nitrogen and oxygen atoms in total. The predicted octanol–water partition coefficient (Wildman–Crippen LogP) is 3.63. The van der Waals surface area contributed by atoms with Crippen molar-refractivity contribution < 1.29 is 24.2 Å². The van der Waals surface area contributed by atoms with E-state index in [9.17, 15) is 9.59 Å². The van der Waals surface area contributed by atoms with Gasteiger partial charge in [0.2, 0.25) is 5.91 Å². The van der Waals surface area contributed by atoms with Crippen LogP contribution in [0.3, 0.4) is 0 Å². The van der Waals surface area contributed by atoms with Gasteiger partial charge in [0, 0.05) is 19.2 Å². The number of nitrogens with one attached hydrogen (secondary N) is 1. The average molecular weight is 378 g/mol. The van der Waals surface area contributed by atoms with Crippen LogP contribution in [-0.2, 0) is 16.0 Å². The highest BCUT2D eigenvalue weighted by atomic mass is 35.5. The second-order valence-corrected chi connectivity index (χ2v) is 5.90. The highest BCUT2D eigenvalue weighted by Crippen LogP contribution is 2.27. The zero-order chi connectivity index (χ0) is 18.9. The van der Waals surface area contributed by atoms with Crippen molar-refractivity contribution >= 4 is 29.2 Å². The summed E-state index contributed by atoms with van der Waals surface area (Å²) in [6.07, 6.45) is 0.494. The van der Waals surface area contributed by atoms with Crippen LogP contribution in [0.5, 0.6) is 5.75 Å².